The van der Waals surface area contributed by atoms with Crippen LogP contribution in [0.25, 0.3) is 0 Å². The lowest BCUT2D eigenvalue weighted by atomic mass is 10.0. The average molecular weight is 848 g/mol. The van der Waals surface area contributed by atoms with Crippen LogP contribution in [0.3, 0.4) is 0 Å². The van der Waals surface area contributed by atoms with Gasteiger partial charge in [-0.3, -0.25) is 48.8 Å². The van der Waals surface area contributed by atoms with Crippen molar-refractivity contribution in [2.24, 2.45) is 0 Å². The maximum absolute atomic E-state index is 15.7. The van der Waals surface area contributed by atoms with Crippen molar-refractivity contribution in [3.05, 3.63) is 88.2 Å². The van der Waals surface area contributed by atoms with Crippen LogP contribution in [0.5, 0.6) is 5.75 Å². The van der Waals surface area contributed by atoms with Crippen molar-refractivity contribution in [2.45, 2.75) is 57.3 Å². The highest BCUT2D eigenvalue weighted by Gasteiger charge is 2.51. The first-order chi connectivity index (χ1) is 28.4. The quantitative estimate of drug-likeness (QED) is 0.131. The number of halogens is 4. The third kappa shape index (κ3) is 7.68. The number of hydrogen-bond donors (Lipinski definition) is 1. The molecular formula is C41H37F4N7O7S. The number of unbranched alkanes of at least 4 members (excludes halogenated alkanes) is 1. The van der Waals surface area contributed by atoms with E-state index in [2.05, 4.69) is 10.2 Å². The van der Waals surface area contributed by atoms with Crippen LogP contribution in [0.2, 0.25) is 0 Å². The molecule has 14 nitrogen and oxygen atoms in total. The molecule has 1 atom stereocenters. The van der Waals surface area contributed by atoms with Crippen LogP contribution in [-0.4, -0.2) is 106 Å². The topological polar surface area (TPSA) is 164 Å². The molecular weight excluding hydrogens is 811 g/mol. The van der Waals surface area contributed by atoms with E-state index in [-0.39, 0.29) is 46.0 Å². The third-order valence-electron chi connectivity index (χ3n) is 11.0. The molecule has 19 heteroatoms. The number of anilines is 2. The van der Waals surface area contributed by atoms with Gasteiger partial charge in [0.1, 0.15) is 23.1 Å². The summed E-state index contributed by atoms with van der Waals surface area (Å²) >= 11 is 5.54. The van der Waals surface area contributed by atoms with Crippen molar-refractivity contribution < 1.29 is 51.1 Å². The second-order valence-electron chi connectivity index (χ2n) is 15.2. The van der Waals surface area contributed by atoms with E-state index in [9.17, 15) is 47.2 Å². The number of hydrogen-bond acceptors (Lipinski definition) is 10. The zero-order valence-corrected chi connectivity index (χ0v) is 33.1. The van der Waals surface area contributed by atoms with Gasteiger partial charge in [-0.15, -0.1) is 0 Å². The van der Waals surface area contributed by atoms with Crippen LogP contribution >= 0.6 is 12.2 Å². The van der Waals surface area contributed by atoms with Gasteiger partial charge >= 0.3 is 6.18 Å². The number of thiocarbonyl (C=S) groups is 1. The van der Waals surface area contributed by atoms with Crippen molar-refractivity contribution in [1.82, 2.24) is 20.0 Å². The van der Waals surface area contributed by atoms with E-state index >= 15 is 4.39 Å². The molecule has 0 aromatic heterocycles. The molecule has 4 heterocycles. The van der Waals surface area contributed by atoms with Gasteiger partial charge in [-0.1, -0.05) is 0 Å². The maximum atomic E-state index is 15.7. The summed E-state index contributed by atoms with van der Waals surface area (Å²) in [6.45, 7) is 5.76. The fourth-order valence-corrected chi connectivity index (χ4v) is 8.31. The van der Waals surface area contributed by atoms with Crippen LogP contribution in [0.1, 0.15) is 81.7 Å². The maximum Gasteiger partial charge on any atom is 0.417 e. The second kappa shape index (κ2) is 16.1. The summed E-state index contributed by atoms with van der Waals surface area (Å²) in [5, 5.41) is 11.1. The Morgan fingerprint density at radius 3 is 2.30 bits per heavy atom. The van der Waals surface area contributed by atoms with Gasteiger partial charge in [0.2, 0.25) is 11.8 Å². The fraction of sp³-hybridized carbons (Fsp3) is 0.366. The van der Waals surface area contributed by atoms with E-state index < -0.39 is 70.1 Å². The number of ether oxygens (including phenoxy) is 1. The molecule has 3 aromatic carbocycles. The molecule has 3 fully saturated rings. The average Bonchev–Trinajstić information content (AvgIpc) is 3.55. The minimum atomic E-state index is -4.87. The Bertz CT molecular complexity index is 2390. The number of nitrogens with zero attached hydrogens (tertiary/aromatic N) is 6. The Morgan fingerprint density at radius 1 is 0.933 bits per heavy atom. The molecule has 0 aliphatic carbocycles. The minimum Gasteiger partial charge on any atom is -0.494 e. The number of piperidine rings is 1. The van der Waals surface area contributed by atoms with Crippen molar-refractivity contribution in [2.75, 3.05) is 49.1 Å². The van der Waals surface area contributed by atoms with Crippen molar-refractivity contribution in [3.63, 3.8) is 0 Å². The highest BCUT2D eigenvalue weighted by molar-refractivity contribution is 7.81. The second-order valence-corrected chi connectivity index (χ2v) is 15.5. The van der Waals surface area contributed by atoms with Crippen molar-refractivity contribution in [1.29, 1.82) is 5.26 Å². The number of amides is 6. The van der Waals surface area contributed by atoms with Gasteiger partial charge in [-0.05, 0) is 106 Å². The Morgan fingerprint density at radius 2 is 1.63 bits per heavy atom. The van der Waals surface area contributed by atoms with E-state index in [4.69, 9.17) is 17.0 Å². The van der Waals surface area contributed by atoms with E-state index in [0.717, 1.165) is 28.4 Å². The van der Waals surface area contributed by atoms with E-state index in [1.165, 1.54) is 60.0 Å². The molecule has 60 heavy (non-hydrogen) atoms. The standard InChI is InChI=1S/C41H37F4N7O7S/c1-40(2)38(58)50(24-6-5-23(22-46)30(19-24)41(43,44)45)39(60)52(40)25-7-9-28(31(42)20-25)35(55)49-16-14-48(15-17-49)13-3-4-18-59-26-8-10-27-29(21-26)37(57)51(36(27)56)32-11-12-33(53)47-34(32)54/h5-10,19-21,32H,3-4,11-18H2,1-2H3,(H,47,53,54). The number of carbonyl (C=O) groups excluding carboxylic acids is 6. The number of nitrogens with one attached hydrogen (secondary N) is 1. The zero-order valence-electron chi connectivity index (χ0n) is 32.3. The van der Waals surface area contributed by atoms with Gasteiger partial charge in [0.15, 0.2) is 5.11 Å². The summed E-state index contributed by atoms with van der Waals surface area (Å²) in [5.41, 5.74) is -3.30. The third-order valence-corrected chi connectivity index (χ3v) is 11.4. The Kier molecular flexibility index (Phi) is 11.2. The van der Waals surface area contributed by atoms with Gasteiger partial charge in [0, 0.05) is 38.3 Å². The molecule has 6 amide bonds. The molecule has 0 radical (unpaired) electrons. The number of benzene rings is 3. The number of alkyl halides is 3. The molecule has 0 spiro atoms. The first-order valence-corrected chi connectivity index (χ1v) is 19.4. The van der Waals surface area contributed by atoms with Gasteiger partial charge < -0.3 is 14.5 Å². The van der Waals surface area contributed by atoms with Crippen LogP contribution in [0, 0.1) is 17.1 Å². The number of fused-ring (bicyclic) bond motifs is 1. The van der Waals surface area contributed by atoms with Gasteiger partial charge in [0.25, 0.3) is 23.6 Å². The van der Waals surface area contributed by atoms with E-state index in [1.807, 2.05) is 0 Å². The van der Waals surface area contributed by atoms with E-state index in [0.29, 0.717) is 57.6 Å². The zero-order chi connectivity index (χ0) is 43.3. The van der Waals surface area contributed by atoms with Gasteiger partial charge in [0.05, 0.1) is 46.2 Å². The summed E-state index contributed by atoms with van der Waals surface area (Å²) in [5.74, 6) is -4.04. The first kappa shape index (κ1) is 41.9. The van der Waals surface area contributed by atoms with Crippen molar-refractivity contribution >= 4 is 64.1 Å². The lowest BCUT2D eigenvalue weighted by Crippen LogP contribution is -2.54. The predicted molar refractivity (Wildman–Crippen MR) is 209 cm³/mol. The summed E-state index contributed by atoms with van der Waals surface area (Å²) in [7, 11) is 0. The molecule has 7 rings (SSSR count). The fourth-order valence-electron chi connectivity index (χ4n) is 7.79. The summed E-state index contributed by atoms with van der Waals surface area (Å²) in [6, 6.07) is 11.6. The molecule has 1 unspecified atom stereocenters. The number of carbonyl (C=O) groups is 6. The van der Waals surface area contributed by atoms with Gasteiger partial charge in [-0.2, -0.15) is 18.4 Å². The SMILES string of the molecule is CC1(C)C(=O)N(c2ccc(C#N)c(C(F)(F)F)c2)C(=S)N1c1ccc(C(=O)N2CCN(CCCCOc3ccc4c(c3)C(=O)N(C3CCC(=O)NC3=O)C4=O)CC2)c(F)c1. The largest absolute Gasteiger partial charge is 0.494 e. The monoisotopic (exact) mass is 847 g/mol. The molecule has 3 saturated heterocycles. The Balaban J connectivity index is 0.896. The number of rotatable bonds is 10. The highest BCUT2D eigenvalue weighted by Crippen LogP contribution is 2.40. The molecule has 1 N–H and O–H groups in total. The summed E-state index contributed by atoms with van der Waals surface area (Å²) in [4.78, 5) is 83.7. The van der Waals surface area contributed by atoms with Crippen LogP contribution in [-0.2, 0) is 20.6 Å². The van der Waals surface area contributed by atoms with Crippen molar-refractivity contribution in [3.8, 4) is 11.8 Å². The van der Waals surface area contributed by atoms with Crippen LogP contribution in [0.15, 0.2) is 54.6 Å². The number of nitriles is 1. The van der Waals surface area contributed by atoms with Gasteiger partial charge in [-0.25, -0.2) is 4.39 Å². The lowest BCUT2D eigenvalue weighted by molar-refractivity contribution is -0.138. The molecule has 0 bridgehead atoms. The molecule has 4 aliphatic heterocycles. The molecule has 312 valence electrons. The molecule has 4 aliphatic rings. The minimum absolute atomic E-state index is 0.0249. The van der Waals surface area contributed by atoms with Crippen LogP contribution in [0.4, 0.5) is 28.9 Å². The predicted octanol–water partition coefficient (Wildman–Crippen LogP) is 4.65. The Hall–Kier alpha value is -6.26. The van der Waals surface area contributed by atoms with Crippen LogP contribution < -0.4 is 19.9 Å². The number of piperazine rings is 1. The Labute approximate surface area is 346 Å². The summed E-state index contributed by atoms with van der Waals surface area (Å²) < 4.78 is 62.7. The molecule has 3 aromatic rings. The van der Waals surface area contributed by atoms with E-state index in [1.54, 1.807) is 6.07 Å². The summed E-state index contributed by atoms with van der Waals surface area (Å²) in [6.07, 6.45) is -3.38. The smallest absolute Gasteiger partial charge is 0.417 e. The molecule has 0 saturated carbocycles. The number of imide groups is 2. The highest BCUT2D eigenvalue weighted by atomic mass is 32.1. The first-order valence-electron chi connectivity index (χ1n) is 19.0. The lowest BCUT2D eigenvalue weighted by Gasteiger charge is -2.35. The normalized spacial score (nSPS) is 19.5.